The van der Waals surface area contributed by atoms with E-state index >= 15 is 0 Å². The fourth-order valence-corrected chi connectivity index (χ4v) is 2.06. The molecule has 4 nitrogen and oxygen atoms in total. The first-order valence-electron chi connectivity index (χ1n) is 6.54. The Bertz CT molecular complexity index is 686. The Morgan fingerprint density at radius 3 is 2.40 bits per heavy atom. The number of rotatable bonds is 3. The van der Waals surface area contributed by atoms with Crippen molar-refractivity contribution in [2.45, 2.75) is 13.0 Å². The minimum Gasteiger partial charge on any atom is -0.318 e. The number of nitrogens with zero attached hydrogens (tertiary/aromatic N) is 2. The molecule has 20 heavy (non-hydrogen) atoms. The van der Waals surface area contributed by atoms with Crippen LogP contribution in [0.4, 0.5) is 0 Å². The molecule has 0 aliphatic carbocycles. The highest BCUT2D eigenvalue weighted by Crippen LogP contribution is 2.20. The molecule has 1 unspecified atom stereocenters. The Labute approximate surface area is 117 Å². The minimum absolute atomic E-state index is 0.291. The maximum atomic E-state index is 6.22. The Morgan fingerprint density at radius 1 is 1.00 bits per heavy atom. The van der Waals surface area contributed by atoms with Crippen molar-refractivity contribution in [2.75, 3.05) is 0 Å². The van der Waals surface area contributed by atoms with Crippen molar-refractivity contribution in [3.63, 3.8) is 0 Å². The van der Waals surface area contributed by atoms with Crippen LogP contribution >= 0.6 is 0 Å². The summed E-state index contributed by atoms with van der Waals surface area (Å²) in [6.45, 7) is 2.05. The van der Waals surface area contributed by atoms with Crippen LogP contribution in [0, 0.1) is 6.92 Å². The molecule has 100 valence electrons. The van der Waals surface area contributed by atoms with Crippen LogP contribution in [-0.2, 0) is 0 Å². The summed E-state index contributed by atoms with van der Waals surface area (Å²) in [6, 6.07) is 17.7. The molecule has 0 radical (unpaired) electrons. The molecule has 4 heteroatoms. The third-order valence-electron chi connectivity index (χ3n) is 3.27. The van der Waals surface area contributed by atoms with Crippen LogP contribution < -0.4 is 5.73 Å². The molecule has 0 saturated carbocycles. The molecule has 3 aromatic rings. The summed E-state index contributed by atoms with van der Waals surface area (Å²) >= 11 is 0. The van der Waals surface area contributed by atoms with Gasteiger partial charge in [-0.2, -0.15) is 5.10 Å². The van der Waals surface area contributed by atoms with Gasteiger partial charge in [-0.3, -0.25) is 5.10 Å². The van der Waals surface area contributed by atoms with Gasteiger partial charge in [0.1, 0.15) is 5.82 Å². The smallest absolute Gasteiger partial charge is 0.181 e. The zero-order chi connectivity index (χ0) is 13.9. The van der Waals surface area contributed by atoms with Crippen molar-refractivity contribution < 1.29 is 0 Å². The molecule has 3 rings (SSSR count). The number of nitrogens with one attached hydrogen (secondary N) is 1. The van der Waals surface area contributed by atoms with Gasteiger partial charge < -0.3 is 5.73 Å². The Kier molecular flexibility index (Phi) is 3.31. The quantitative estimate of drug-likeness (QED) is 0.764. The Balaban J connectivity index is 1.88. The average Bonchev–Trinajstić information content (AvgIpc) is 2.98. The molecule has 0 aliphatic heterocycles. The van der Waals surface area contributed by atoms with Crippen molar-refractivity contribution in [3.05, 3.63) is 71.5 Å². The highest BCUT2D eigenvalue weighted by atomic mass is 15.2. The number of aryl methyl sites for hydroxylation is 1. The highest BCUT2D eigenvalue weighted by Gasteiger charge is 2.14. The molecule has 0 amide bonds. The van der Waals surface area contributed by atoms with Gasteiger partial charge in [0.25, 0.3) is 0 Å². The van der Waals surface area contributed by atoms with E-state index in [1.54, 1.807) is 0 Å². The van der Waals surface area contributed by atoms with E-state index in [4.69, 9.17) is 5.73 Å². The first-order valence-corrected chi connectivity index (χ1v) is 6.54. The van der Waals surface area contributed by atoms with E-state index in [0.29, 0.717) is 11.6 Å². The zero-order valence-corrected chi connectivity index (χ0v) is 11.2. The lowest BCUT2D eigenvalue weighted by Gasteiger charge is -2.08. The molecule has 1 aromatic heterocycles. The lowest BCUT2D eigenvalue weighted by atomic mass is 10.1. The van der Waals surface area contributed by atoms with Gasteiger partial charge >= 0.3 is 0 Å². The summed E-state index contributed by atoms with van der Waals surface area (Å²) in [7, 11) is 0. The van der Waals surface area contributed by atoms with Crippen LogP contribution in [0.1, 0.15) is 23.0 Å². The van der Waals surface area contributed by atoms with E-state index in [9.17, 15) is 0 Å². The molecule has 2 aromatic carbocycles. The minimum atomic E-state index is -0.291. The van der Waals surface area contributed by atoms with Crippen molar-refractivity contribution in [3.8, 4) is 11.4 Å². The third-order valence-corrected chi connectivity index (χ3v) is 3.27. The van der Waals surface area contributed by atoms with E-state index in [0.717, 1.165) is 11.1 Å². The van der Waals surface area contributed by atoms with E-state index in [2.05, 4.69) is 22.1 Å². The predicted octanol–water partition coefficient (Wildman–Crippen LogP) is 2.83. The molecule has 1 heterocycles. The van der Waals surface area contributed by atoms with Gasteiger partial charge in [-0.1, -0.05) is 60.2 Å². The fourth-order valence-electron chi connectivity index (χ4n) is 2.06. The van der Waals surface area contributed by atoms with E-state index in [1.165, 1.54) is 5.56 Å². The maximum absolute atomic E-state index is 6.22. The Hall–Kier alpha value is -2.46. The number of nitrogens with two attached hydrogens (primary N) is 1. The summed E-state index contributed by atoms with van der Waals surface area (Å²) in [5.41, 5.74) is 9.43. The van der Waals surface area contributed by atoms with Crippen LogP contribution in [0.15, 0.2) is 54.6 Å². The number of H-pyrrole nitrogens is 1. The third kappa shape index (κ3) is 2.46. The topological polar surface area (TPSA) is 67.6 Å². The largest absolute Gasteiger partial charge is 0.318 e. The molecular formula is C16H16N4. The molecule has 0 spiro atoms. The normalized spacial score (nSPS) is 12.3. The van der Waals surface area contributed by atoms with Crippen LogP contribution in [0.2, 0.25) is 0 Å². The van der Waals surface area contributed by atoms with Crippen LogP contribution in [-0.4, -0.2) is 15.2 Å². The van der Waals surface area contributed by atoms with E-state index < -0.39 is 0 Å². The molecule has 3 N–H and O–H groups in total. The molecule has 0 fully saturated rings. The second-order valence-electron chi connectivity index (χ2n) is 4.80. The number of hydrogen-bond donors (Lipinski definition) is 2. The monoisotopic (exact) mass is 264 g/mol. The molecule has 0 bridgehead atoms. The first-order chi connectivity index (χ1) is 9.74. The van der Waals surface area contributed by atoms with Crippen LogP contribution in [0.3, 0.4) is 0 Å². The van der Waals surface area contributed by atoms with Crippen molar-refractivity contribution in [2.24, 2.45) is 5.73 Å². The SMILES string of the molecule is Cc1ccc(C(N)c2nc(-c3ccccc3)n[nH]2)cc1. The first kappa shape index (κ1) is 12.6. The fraction of sp³-hybridized carbons (Fsp3) is 0.125. The van der Waals surface area contributed by atoms with Gasteiger partial charge in [0.15, 0.2) is 5.82 Å². The molecule has 0 aliphatic rings. The number of aromatic nitrogens is 3. The predicted molar refractivity (Wildman–Crippen MR) is 79.0 cm³/mol. The van der Waals surface area contributed by atoms with Crippen LogP contribution in [0.25, 0.3) is 11.4 Å². The lowest BCUT2D eigenvalue weighted by Crippen LogP contribution is -2.13. The number of hydrogen-bond acceptors (Lipinski definition) is 3. The van der Waals surface area contributed by atoms with Crippen molar-refractivity contribution in [1.82, 2.24) is 15.2 Å². The van der Waals surface area contributed by atoms with Gasteiger partial charge in [-0.15, -0.1) is 0 Å². The van der Waals surface area contributed by atoms with Gasteiger partial charge in [0.05, 0.1) is 6.04 Å². The lowest BCUT2D eigenvalue weighted by molar-refractivity contribution is 0.787. The van der Waals surface area contributed by atoms with Gasteiger partial charge in [-0.05, 0) is 12.5 Å². The second kappa shape index (κ2) is 5.27. The van der Waals surface area contributed by atoms with E-state index in [-0.39, 0.29) is 6.04 Å². The zero-order valence-electron chi connectivity index (χ0n) is 11.2. The van der Waals surface area contributed by atoms with Crippen molar-refractivity contribution in [1.29, 1.82) is 0 Å². The summed E-state index contributed by atoms with van der Waals surface area (Å²) in [4.78, 5) is 4.49. The van der Waals surface area contributed by atoms with Gasteiger partial charge in [0.2, 0.25) is 0 Å². The molecular weight excluding hydrogens is 248 g/mol. The van der Waals surface area contributed by atoms with E-state index in [1.807, 2.05) is 54.6 Å². The Morgan fingerprint density at radius 2 is 1.70 bits per heavy atom. The summed E-state index contributed by atoms with van der Waals surface area (Å²) in [5, 5.41) is 7.17. The van der Waals surface area contributed by atoms with Gasteiger partial charge in [-0.25, -0.2) is 4.98 Å². The molecule has 1 atom stereocenters. The number of aromatic amines is 1. The maximum Gasteiger partial charge on any atom is 0.181 e. The van der Waals surface area contributed by atoms with Crippen LogP contribution in [0.5, 0.6) is 0 Å². The number of benzene rings is 2. The van der Waals surface area contributed by atoms with Gasteiger partial charge in [0, 0.05) is 5.56 Å². The second-order valence-corrected chi connectivity index (χ2v) is 4.80. The average molecular weight is 264 g/mol. The molecule has 0 saturated heterocycles. The standard InChI is InChI=1S/C16H16N4/c1-11-7-9-12(10-8-11)14(17)16-18-15(19-20-16)13-5-3-2-4-6-13/h2-10,14H,17H2,1H3,(H,18,19,20). The van der Waals surface area contributed by atoms with Crippen molar-refractivity contribution >= 4 is 0 Å². The highest BCUT2D eigenvalue weighted by molar-refractivity contribution is 5.54. The summed E-state index contributed by atoms with van der Waals surface area (Å²) in [6.07, 6.45) is 0. The summed E-state index contributed by atoms with van der Waals surface area (Å²) in [5.74, 6) is 1.34. The summed E-state index contributed by atoms with van der Waals surface area (Å²) < 4.78 is 0.